The zero-order chi connectivity index (χ0) is 37.4. The van der Waals surface area contributed by atoms with Crippen LogP contribution in [0.4, 0.5) is 26.3 Å². The zero-order valence-corrected chi connectivity index (χ0v) is 30.9. The molecule has 0 aliphatic carbocycles. The summed E-state index contributed by atoms with van der Waals surface area (Å²) >= 11 is 0. The molecule has 3 rings (SSSR count). The largest absolute Gasteiger partial charge is 0.790 e. The Balaban J connectivity index is 0. The summed E-state index contributed by atoms with van der Waals surface area (Å²) in [6.07, 6.45) is 13.1. The van der Waals surface area contributed by atoms with E-state index in [1.165, 1.54) is 130 Å². The van der Waals surface area contributed by atoms with Crippen LogP contribution in [0.3, 0.4) is 0 Å². The van der Waals surface area contributed by atoms with Crippen molar-refractivity contribution in [3.8, 4) is 0 Å². The highest BCUT2D eigenvalue weighted by Crippen LogP contribution is 2.36. The lowest BCUT2D eigenvalue weighted by Crippen LogP contribution is -2.47. The van der Waals surface area contributed by atoms with Crippen LogP contribution in [0.15, 0.2) is 0 Å². The summed E-state index contributed by atoms with van der Waals surface area (Å²) in [6.45, 7) is 19.3. The number of alkyl halides is 6. The average molecular weight is 761 g/mol. The average Bonchev–Trinajstić information content (AvgIpc) is 2.93. The lowest BCUT2D eigenvalue weighted by Gasteiger charge is -2.36. The van der Waals surface area contributed by atoms with Crippen LogP contribution in [-0.2, 0) is 24.6 Å². The number of nitrogens with zero attached hydrogens (tertiary/aromatic N) is 4. The van der Waals surface area contributed by atoms with Crippen LogP contribution in [0.2, 0.25) is 0 Å². The molecule has 1 N–H and O–H groups in total. The van der Waals surface area contributed by atoms with Gasteiger partial charge in [0.2, 0.25) is 0 Å². The van der Waals surface area contributed by atoms with Crippen LogP contribution in [0.1, 0.15) is 78.6 Å². The number of hydrogen-bond donors (Lipinski definition) is 1. The predicted molar refractivity (Wildman–Crippen MR) is 164 cm³/mol. The topological polar surface area (TPSA) is 166 Å². The molecule has 0 spiro atoms. The molecule has 3 saturated heterocycles. The number of hydrogen-bond acceptors (Lipinski definition) is 7. The highest BCUT2D eigenvalue weighted by Gasteiger charge is 2.47. The van der Waals surface area contributed by atoms with Crippen molar-refractivity contribution < 1.29 is 75.9 Å². The van der Waals surface area contributed by atoms with E-state index in [0.717, 1.165) is 4.13 Å². The first kappa shape index (κ1) is 48.5. The van der Waals surface area contributed by atoms with Gasteiger partial charge in [0.1, 0.15) is 0 Å². The standard InChI is InChI=1S/3C8H18N.C2F6NO4S2.H3O4P/c3*1-3-9(2)7-5-4-6-8-9;3-1(4,5)14(10,11)9-15(12,13)2(6,7)8;1-5(2,3)4/h3*3-8H2,1-2H3;;(H3,1,2,3,4)/q3*+1;-1;/p-2. The fourth-order valence-corrected chi connectivity index (χ4v) is 6.70. The molecule has 12 nitrogen and oxygen atoms in total. The van der Waals surface area contributed by atoms with Gasteiger partial charge in [-0.25, -0.2) is 16.8 Å². The number of piperidine rings is 3. The molecule has 0 unspecified atom stereocenters. The first-order valence-corrected chi connectivity index (χ1v) is 20.0. The van der Waals surface area contributed by atoms with Crippen molar-refractivity contribution in [3.63, 3.8) is 0 Å². The number of rotatable bonds is 5. The van der Waals surface area contributed by atoms with Crippen molar-refractivity contribution in [2.24, 2.45) is 0 Å². The van der Waals surface area contributed by atoms with E-state index in [0.29, 0.717) is 0 Å². The van der Waals surface area contributed by atoms with Gasteiger partial charge >= 0.3 is 11.0 Å². The Morgan fingerprint density at radius 3 is 0.851 bits per heavy atom. The van der Waals surface area contributed by atoms with Crippen molar-refractivity contribution in [1.82, 2.24) is 0 Å². The summed E-state index contributed by atoms with van der Waals surface area (Å²) < 4.78 is 122. The smallest absolute Gasteiger partial charge is 0.480 e. The maximum atomic E-state index is 11.4. The molecular weight excluding hydrogens is 705 g/mol. The third-order valence-electron chi connectivity index (χ3n) is 8.76. The predicted octanol–water partition coefficient (Wildman–Crippen LogP) is 3.78. The molecule has 47 heavy (non-hydrogen) atoms. The van der Waals surface area contributed by atoms with Crippen LogP contribution in [0, 0.1) is 0 Å². The van der Waals surface area contributed by atoms with Crippen molar-refractivity contribution in [3.05, 3.63) is 4.13 Å². The molecule has 3 aliphatic heterocycles. The third kappa shape index (κ3) is 22.0. The normalized spacial score (nSPS) is 21.1. The van der Waals surface area contributed by atoms with Crippen molar-refractivity contribution in [2.75, 3.05) is 80.0 Å². The minimum absolute atomic E-state index is 0.778. The summed E-state index contributed by atoms with van der Waals surface area (Å²) in [6, 6.07) is 0. The van der Waals surface area contributed by atoms with E-state index in [1.54, 1.807) is 0 Å². The maximum Gasteiger partial charge on any atom is 0.480 e. The summed E-state index contributed by atoms with van der Waals surface area (Å²) in [5.41, 5.74) is -12.4. The third-order valence-corrected chi connectivity index (χ3v) is 11.5. The van der Waals surface area contributed by atoms with E-state index < -0.39 is 38.9 Å². The fraction of sp³-hybridized carbons (Fsp3) is 1.00. The first-order valence-electron chi connectivity index (χ1n) is 15.6. The number of likely N-dealkylation sites (tertiary alicyclic amines) is 3. The Hall–Kier alpha value is -0.570. The van der Waals surface area contributed by atoms with Gasteiger partial charge in [-0.05, 0) is 78.6 Å². The molecule has 3 heterocycles. The Kier molecular flexibility index (Phi) is 21.0. The summed E-state index contributed by atoms with van der Waals surface area (Å²) in [4.78, 5) is 24.3. The zero-order valence-electron chi connectivity index (χ0n) is 28.4. The van der Waals surface area contributed by atoms with Crippen LogP contribution in [0.25, 0.3) is 4.13 Å². The summed E-state index contributed by atoms with van der Waals surface area (Å²) in [7, 11) is -11.5. The molecule has 0 aromatic carbocycles. The fourth-order valence-electron chi connectivity index (χ4n) is 4.99. The minimum Gasteiger partial charge on any atom is -0.790 e. The second-order valence-corrected chi connectivity index (χ2v) is 17.1. The van der Waals surface area contributed by atoms with Gasteiger partial charge in [0.05, 0.1) is 87.9 Å². The van der Waals surface area contributed by atoms with E-state index in [1.807, 2.05) is 0 Å². The molecule has 3 fully saturated rings. The molecule has 3 aliphatic rings. The van der Waals surface area contributed by atoms with E-state index in [2.05, 4.69) is 41.9 Å². The van der Waals surface area contributed by atoms with Crippen LogP contribution < -0.4 is 9.79 Å². The molecule has 0 aromatic rings. The monoisotopic (exact) mass is 760 g/mol. The number of quaternary nitrogens is 3. The van der Waals surface area contributed by atoms with Gasteiger partial charge in [0.25, 0.3) is 0 Å². The quantitative estimate of drug-likeness (QED) is 0.251. The van der Waals surface area contributed by atoms with Gasteiger partial charge in [-0.3, -0.25) is 0 Å². The molecule has 0 bridgehead atoms. The molecular formula is C26H55F6N4O8PS2. The van der Waals surface area contributed by atoms with Gasteiger partial charge in [-0.1, -0.05) is 0 Å². The second-order valence-electron chi connectivity index (χ2n) is 12.7. The molecule has 21 heteroatoms. The molecule has 0 radical (unpaired) electrons. The summed E-state index contributed by atoms with van der Waals surface area (Å²) in [5.74, 6) is 0. The van der Waals surface area contributed by atoms with Gasteiger partial charge in [0, 0.05) is 0 Å². The highest BCUT2D eigenvalue weighted by molar-refractivity contribution is 8.13. The molecule has 286 valence electrons. The second kappa shape index (κ2) is 20.3. The number of halogens is 6. The van der Waals surface area contributed by atoms with Crippen LogP contribution >= 0.6 is 7.82 Å². The van der Waals surface area contributed by atoms with Crippen LogP contribution in [0.5, 0.6) is 0 Å². The van der Waals surface area contributed by atoms with Gasteiger partial charge in [0.15, 0.2) is 20.0 Å². The molecule has 0 saturated carbocycles. The van der Waals surface area contributed by atoms with E-state index in [4.69, 9.17) is 19.2 Å². The van der Waals surface area contributed by atoms with Crippen molar-refractivity contribution in [2.45, 2.75) is 89.6 Å². The van der Waals surface area contributed by atoms with Gasteiger partial charge in [-0.15, -0.1) is 0 Å². The van der Waals surface area contributed by atoms with Crippen molar-refractivity contribution >= 4 is 27.9 Å². The Morgan fingerprint density at radius 1 is 0.574 bits per heavy atom. The molecule has 0 atom stereocenters. The lowest BCUT2D eigenvalue weighted by atomic mass is 10.1. The van der Waals surface area contributed by atoms with Gasteiger partial charge < -0.3 is 36.8 Å². The Labute approximate surface area is 277 Å². The highest BCUT2D eigenvalue weighted by atomic mass is 32.3. The van der Waals surface area contributed by atoms with E-state index >= 15 is 0 Å². The van der Waals surface area contributed by atoms with E-state index in [-0.39, 0.29) is 0 Å². The van der Waals surface area contributed by atoms with Crippen molar-refractivity contribution in [1.29, 1.82) is 0 Å². The van der Waals surface area contributed by atoms with Crippen LogP contribution in [-0.4, -0.2) is 126 Å². The lowest BCUT2D eigenvalue weighted by molar-refractivity contribution is -0.912. The summed E-state index contributed by atoms with van der Waals surface area (Å²) in [5, 5.41) is 0. The number of phosphoric acid groups is 1. The maximum absolute atomic E-state index is 11.4. The molecule has 0 amide bonds. The minimum atomic E-state index is -6.72. The SMILES string of the molecule is CC[N+]1(C)CCCCC1.CC[N+]1(C)CCCCC1.CC[N+]1(C)CCCCC1.O=P([O-])([O-])O.O=S(=O)([N-]S(=O)(=O)C(F)(F)F)C(F)(F)F. The molecule has 0 aromatic heterocycles. The van der Waals surface area contributed by atoms with Gasteiger partial charge in [-0.2, -0.15) is 26.3 Å². The number of sulfonamides is 2. The first-order chi connectivity index (χ1) is 21.0. The Bertz CT molecular complexity index is 1030. The Morgan fingerprint density at radius 2 is 0.745 bits per heavy atom. The van der Waals surface area contributed by atoms with E-state index in [9.17, 15) is 43.2 Å².